The maximum Gasteiger partial charge on any atom is 0.175 e. The molecule has 19 heavy (non-hydrogen) atoms. The summed E-state index contributed by atoms with van der Waals surface area (Å²) in [6.07, 6.45) is 2.03. The molecule has 0 aromatic heterocycles. The smallest absolute Gasteiger partial charge is 0.175 e. The van der Waals surface area contributed by atoms with E-state index in [0.29, 0.717) is 5.69 Å². The van der Waals surface area contributed by atoms with Gasteiger partial charge < -0.3 is 10.2 Å². The number of hydrogen-bond donors (Lipinski definition) is 1. The number of benzene rings is 1. The minimum atomic E-state index is -3.35. The van der Waals surface area contributed by atoms with E-state index in [4.69, 9.17) is 0 Å². The van der Waals surface area contributed by atoms with Gasteiger partial charge >= 0.3 is 0 Å². The third kappa shape index (κ3) is 4.06. The summed E-state index contributed by atoms with van der Waals surface area (Å²) < 4.78 is 36.6. The van der Waals surface area contributed by atoms with E-state index in [1.54, 1.807) is 6.07 Å². The highest BCUT2D eigenvalue weighted by molar-refractivity contribution is 7.90. The number of hydrogen-bond acceptors (Lipinski definition) is 4. The molecule has 0 radical (unpaired) electrons. The molecule has 7 heteroatoms. The molecule has 0 amide bonds. The van der Waals surface area contributed by atoms with Crippen LogP contribution in [0.5, 0.6) is 0 Å². The van der Waals surface area contributed by atoms with Gasteiger partial charge in [0.1, 0.15) is 5.82 Å². The van der Waals surface area contributed by atoms with Crippen LogP contribution in [0.1, 0.15) is 6.42 Å². The van der Waals surface area contributed by atoms with Crippen molar-refractivity contribution in [2.75, 3.05) is 37.3 Å². The lowest BCUT2D eigenvalue weighted by atomic mass is 10.2. The predicted molar refractivity (Wildman–Crippen MR) is 76.5 cm³/mol. The molecule has 1 N–H and O–H groups in total. The summed E-state index contributed by atoms with van der Waals surface area (Å²) in [5.41, 5.74) is 0.478. The van der Waals surface area contributed by atoms with E-state index in [0.717, 1.165) is 44.9 Å². The Hall–Kier alpha value is -0.850. The van der Waals surface area contributed by atoms with Crippen molar-refractivity contribution in [2.24, 2.45) is 0 Å². The van der Waals surface area contributed by atoms with Gasteiger partial charge in [0, 0.05) is 25.9 Å². The molecule has 4 nitrogen and oxygen atoms in total. The minimum Gasteiger partial charge on any atom is -0.368 e. The van der Waals surface area contributed by atoms with Gasteiger partial charge in [-0.1, -0.05) is 0 Å². The molecule has 1 aromatic rings. The quantitative estimate of drug-likeness (QED) is 0.898. The number of rotatable bonds is 2. The lowest BCUT2D eigenvalue weighted by molar-refractivity contribution is 0.594. The van der Waals surface area contributed by atoms with E-state index < -0.39 is 15.7 Å². The van der Waals surface area contributed by atoms with E-state index in [1.807, 2.05) is 4.90 Å². The minimum absolute atomic E-state index is 0. The summed E-state index contributed by atoms with van der Waals surface area (Å²) in [5, 5.41) is 3.24. The molecule has 1 heterocycles. The van der Waals surface area contributed by atoms with E-state index >= 15 is 0 Å². The van der Waals surface area contributed by atoms with Crippen LogP contribution in [0.15, 0.2) is 23.1 Å². The first-order valence-corrected chi connectivity index (χ1v) is 7.83. The highest BCUT2D eigenvalue weighted by Crippen LogP contribution is 2.23. The Kier molecular flexibility index (Phi) is 5.58. The van der Waals surface area contributed by atoms with E-state index in [1.165, 1.54) is 6.07 Å². The van der Waals surface area contributed by atoms with Crippen LogP contribution in [-0.4, -0.2) is 40.9 Å². The van der Waals surface area contributed by atoms with Crippen LogP contribution in [0.3, 0.4) is 0 Å². The molecule has 1 aliphatic rings. The predicted octanol–water partition coefficient (Wildman–Crippen LogP) is 1.45. The summed E-state index contributed by atoms with van der Waals surface area (Å²) >= 11 is 0. The van der Waals surface area contributed by atoms with Crippen molar-refractivity contribution in [3.63, 3.8) is 0 Å². The van der Waals surface area contributed by atoms with Crippen molar-refractivity contribution < 1.29 is 12.8 Å². The molecule has 1 saturated heterocycles. The van der Waals surface area contributed by atoms with E-state index in [2.05, 4.69) is 5.32 Å². The molecule has 0 atom stereocenters. The van der Waals surface area contributed by atoms with Gasteiger partial charge in [0.05, 0.1) is 10.6 Å². The molecule has 0 bridgehead atoms. The molecule has 2 rings (SSSR count). The molecule has 0 aliphatic carbocycles. The van der Waals surface area contributed by atoms with Crippen molar-refractivity contribution >= 4 is 27.9 Å². The molecule has 0 saturated carbocycles. The Labute approximate surface area is 119 Å². The molecular weight excluding hydrogens is 291 g/mol. The van der Waals surface area contributed by atoms with Crippen LogP contribution in [0, 0.1) is 5.82 Å². The Balaban J connectivity index is 0.00000180. The van der Waals surface area contributed by atoms with E-state index in [-0.39, 0.29) is 17.3 Å². The van der Waals surface area contributed by atoms with E-state index in [9.17, 15) is 12.8 Å². The van der Waals surface area contributed by atoms with Gasteiger partial charge in [-0.3, -0.25) is 0 Å². The maximum absolute atomic E-state index is 14.0. The van der Waals surface area contributed by atoms with Gasteiger partial charge in [0.2, 0.25) is 0 Å². The SMILES string of the molecule is CS(=O)(=O)c1ccc(N2CCCNCC2)c(F)c1.Cl. The monoisotopic (exact) mass is 308 g/mol. The normalized spacial score (nSPS) is 16.6. The average molecular weight is 309 g/mol. The standard InChI is InChI=1S/C12H17FN2O2S.ClH/c1-18(16,17)10-3-4-12(11(13)9-10)15-7-2-5-14-6-8-15;/h3-4,9,14H,2,5-8H2,1H3;1H. The van der Waals surface area contributed by atoms with Crippen LogP contribution in [0.25, 0.3) is 0 Å². The number of nitrogens with one attached hydrogen (secondary N) is 1. The first kappa shape index (κ1) is 16.2. The summed E-state index contributed by atoms with van der Waals surface area (Å²) in [4.78, 5) is 1.97. The highest BCUT2D eigenvalue weighted by atomic mass is 35.5. The van der Waals surface area contributed by atoms with Crippen molar-refractivity contribution in [3.05, 3.63) is 24.0 Å². The molecular formula is C12H18ClFN2O2S. The molecule has 0 unspecified atom stereocenters. The average Bonchev–Trinajstić information content (AvgIpc) is 2.56. The summed E-state index contributed by atoms with van der Waals surface area (Å²) in [7, 11) is -3.35. The zero-order valence-corrected chi connectivity index (χ0v) is 12.4. The largest absolute Gasteiger partial charge is 0.368 e. The van der Waals surface area contributed by atoms with Gasteiger partial charge in [-0.15, -0.1) is 12.4 Å². The van der Waals surface area contributed by atoms with Gasteiger partial charge in [-0.25, -0.2) is 12.8 Å². The van der Waals surface area contributed by atoms with Gasteiger partial charge in [-0.05, 0) is 31.2 Å². The Bertz CT molecular complexity index is 529. The Morgan fingerprint density at radius 2 is 2.00 bits per heavy atom. The summed E-state index contributed by atoms with van der Waals surface area (Å²) in [5.74, 6) is -0.472. The lowest BCUT2D eigenvalue weighted by Gasteiger charge is -2.23. The summed E-state index contributed by atoms with van der Waals surface area (Å²) in [6, 6.07) is 4.12. The van der Waals surface area contributed by atoms with Crippen molar-refractivity contribution in [1.29, 1.82) is 0 Å². The Morgan fingerprint density at radius 3 is 2.63 bits per heavy atom. The second-order valence-electron chi connectivity index (χ2n) is 4.48. The fourth-order valence-electron chi connectivity index (χ4n) is 2.06. The molecule has 1 aliphatic heterocycles. The number of sulfone groups is 1. The number of halogens is 2. The van der Waals surface area contributed by atoms with Crippen LogP contribution < -0.4 is 10.2 Å². The molecule has 0 spiro atoms. The first-order valence-electron chi connectivity index (χ1n) is 5.94. The van der Waals surface area contributed by atoms with Crippen molar-refractivity contribution in [1.82, 2.24) is 5.32 Å². The fourth-order valence-corrected chi connectivity index (χ4v) is 2.69. The first-order chi connectivity index (χ1) is 8.48. The van der Waals surface area contributed by atoms with Gasteiger partial charge in [-0.2, -0.15) is 0 Å². The van der Waals surface area contributed by atoms with Crippen LogP contribution >= 0.6 is 12.4 Å². The zero-order chi connectivity index (χ0) is 13.2. The second-order valence-corrected chi connectivity index (χ2v) is 6.49. The third-order valence-electron chi connectivity index (χ3n) is 3.03. The van der Waals surface area contributed by atoms with Gasteiger partial charge in [0.25, 0.3) is 0 Å². The highest BCUT2D eigenvalue weighted by Gasteiger charge is 2.16. The van der Waals surface area contributed by atoms with Crippen molar-refractivity contribution in [2.45, 2.75) is 11.3 Å². The zero-order valence-electron chi connectivity index (χ0n) is 10.7. The summed E-state index contributed by atoms with van der Waals surface area (Å²) in [6.45, 7) is 3.25. The van der Waals surface area contributed by atoms with Gasteiger partial charge in [0.15, 0.2) is 9.84 Å². The molecule has 1 aromatic carbocycles. The maximum atomic E-state index is 14.0. The topological polar surface area (TPSA) is 49.4 Å². The molecule has 108 valence electrons. The van der Waals surface area contributed by atoms with Crippen molar-refractivity contribution in [3.8, 4) is 0 Å². The molecule has 1 fully saturated rings. The van der Waals surface area contributed by atoms with Crippen LogP contribution in [0.2, 0.25) is 0 Å². The van der Waals surface area contributed by atoms with Crippen LogP contribution in [-0.2, 0) is 9.84 Å². The second kappa shape index (κ2) is 6.54. The number of nitrogens with zero attached hydrogens (tertiary/aromatic N) is 1. The third-order valence-corrected chi connectivity index (χ3v) is 4.14. The van der Waals surface area contributed by atoms with Crippen LogP contribution in [0.4, 0.5) is 10.1 Å². The number of anilines is 1. The Morgan fingerprint density at radius 1 is 1.26 bits per heavy atom. The lowest BCUT2D eigenvalue weighted by Crippen LogP contribution is -2.28. The fraction of sp³-hybridized carbons (Fsp3) is 0.500.